The van der Waals surface area contributed by atoms with Gasteiger partial charge in [0, 0.05) is 37.6 Å². The van der Waals surface area contributed by atoms with Crippen molar-refractivity contribution in [3.8, 4) is 0 Å². The molecule has 0 radical (unpaired) electrons. The normalized spacial score (nSPS) is 18.2. The largest absolute Gasteiger partial charge is 0.378 e. The maximum atomic E-state index is 5.48. The van der Waals surface area contributed by atoms with Crippen molar-refractivity contribution in [1.29, 1.82) is 0 Å². The fourth-order valence-electron chi connectivity index (χ4n) is 5.10. The predicted octanol–water partition coefficient (Wildman–Crippen LogP) is 4.02. The van der Waals surface area contributed by atoms with E-state index < -0.39 is 0 Å². The van der Waals surface area contributed by atoms with Gasteiger partial charge in [0.2, 0.25) is 5.95 Å². The third kappa shape index (κ3) is 5.68. The highest BCUT2D eigenvalue weighted by Gasteiger charge is 2.18. The molecule has 2 aliphatic heterocycles. The number of nitrogens with one attached hydrogen (secondary N) is 3. The Labute approximate surface area is 217 Å². The summed E-state index contributed by atoms with van der Waals surface area (Å²) in [4.78, 5) is 16.8. The van der Waals surface area contributed by atoms with Crippen LogP contribution in [0.4, 0.5) is 23.1 Å². The predicted molar refractivity (Wildman–Crippen MR) is 147 cm³/mol. The molecule has 6 rings (SSSR count). The summed E-state index contributed by atoms with van der Waals surface area (Å²) in [5.41, 5.74) is 4.99. The Morgan fingerprint density at radius 2 is 1.84 bits per heavy atom. The van der Waals surface area contributed by atoms with Crippen molar-refractivity contribution in [3.63, 3.8) is 0 Å². The highest BCUT2D eigenvalue weighted by atomic mass is 16.5. The average molecular weight is 499 g/mol. The monoisotopic (exact) mass is 498 g/mol. The summed E-state index contributed by atoms with van der Waals surface area (Å²) >= 11 is 0. The van der Waals surface area contributed by atoms with E-state index in [4.69, 9.17) is 19.7 Å². The van der Waals surface area contributed by atoms with Crippen molar-refractivity contribution in [2.45, 2.75) is 25.9 Å². The first-order chi connectivity index (χ1) is 18.3. The summed E-state index contributed by atoms with van der Waals surface area (Å²) in [6.45, 7) is 7.09. The summed E-state index contributed by atoms with van der Waals surface area (Å²) in [6.07, 6.45) is 4.34. The van der Waals surface area contributed by atoms with Gasteiger partial charge in [0.05, 0.1) is 19.5 Å². The van der Waals surface area contributed by atoms with Gasteiger partial charge in [-0.2, -0.15) is 9.97 Å². The number of aromatic nitrogens is 4. The van der Waals surface area contributed by atoms with Crippen molar-refractivity contribution in [2.24, 2.45) is 5.92 Å². The van der Waals surface area contributed by atoms with Crippen molar-refractivity contribution < 1.29 is 4.74 Å². The summed E-state index contributed by atoms with van der Waals surface area (Å²) < 4.78 is 7.66. The lowest BCUT2D eigenvalue weighted by Gasteiger charge is -2.28. The SMILES string of the molecule is c1ccc(CNc2nc(Nc3ccc(N4CCOCC4)cc3)nc3c2ncn3CC2CCCNC2)cc1. The zero-order valence-electron chi connectivity index (χ0n) is 21.1. The molecule has 0 spiro atoms. The number of benzene rings is 2. The van der Waals surface area contributed by atoms with Crippen LogP contribution in [0, 0.1) is 5.92 Å². The second kappa shape index (κ2) is 11.1. The van der Waals surface area contributed by atoms with E-state index in [1.165, 1.54) is 24.1 Å². The molecule has 2 fully saturated rings. The highest BCUT2D eigenvalue weighted by Crippen LogP contribution is 2.26. The fourth-order valence-corrected chi connectivity index (χ4v) is 5.10. The summed E-state index contributed by atoms with van der Waals surface area (Å²) in [7, 11) is 0. The van der Waals surface area contributed by atoms with Crippen LogP contribution >= 0.6 is 0 Å². The number of imidazole rings is 1. The number of fused-ring (bicyclic) bond motifs is 1. The van der Waals surface area contributed by atoms with E-state index in [0.29, 0.717) is 18.4 Å². The lowest BCUT2D eigenvalue weighted by Crippen LogP contribution is -2.36. The first-order valence-corrected chi connectivity index (χ1v) is 13.2. The molecule has 0 amide bonds. The van der Waals surface area contributed by atoms with Crippen LogP contribution in [0.1, 0.15) is 18.4 Å². The minimum Gasteiger partial charge on any atom is -0.378 e. The van der Waals surface area contributed by atoms with Crippen molar-refractivity contribution in [2.75, 3.05) is 54.9 Å². The zero-order valence-corrected chi connectivity index (χ0v) is 21.1. The van der Waals surface area contributed by atoms with Crippen LogP contribution in [0.3, 0.4) is 0 Å². The topological polar surface area (TPSA) is 92.2 Å². The quantitative estimate of drug-likeness (QED) is 0.336. The van der Waals surface area contributed by atoms with Crippen LogP contribution in [0.5, 0.6) is 0 Å². The van der Waals surface area contributed by atoms with Gasteiger partial charge in [0.25, 0.3) is 0 Å². The van der Waals surface area contributed by atoms with Crippen LogP contribution in [0.2, 0.25) is 0 Å². The summed E-state index contributed by atoms with van der Waals surface area (Å²) in [6, 6.07) is 18.8. The Kier molecular flexibility index (Phi) is 7.14. The first-order valence-electron chi connectivity index (χ1n) is 13.2. The van der Waals surface area contributed by atoms with Crippen molar-refractivity contribution in [1.82, 2.24) is 24.8 Å². The second-order valence-electron chi connectivity index (χ2n) is 9.79. The molecule has 2 aromatic heterocycles. The smallest absolute Gasteiger partial charge is 0.231 e. The van der Waals surface area contributed by atoms with Crippen molar-refractivity contribution in [3.05, 3.63) is 66.5 Å². The molecule has 37 heavy (non-hydrogen) atoms. The van der Waals surface area contributed by atoms with E-state index in [1.54, 1.807) is 0 Å². The molecule has 2 saturated heterocycles. The Morgan fingerprint density at radius 3 is 2.62 bits per heavy atom. The number of ether oxygens (including phenoxy) is 1. The van der Waals surface area contributed by atoms with Crippen LogP contribution in [-0.4, -0.2) is 58.9 Å². The molecule has 2 aromatic carbocycles. The van der Waals surface area contributed by atoms with E-state index in [0.717, 1.165) is 68.6 Å². The maximum Gasteiger partial charge on any atom is 0.231 e. The van der Waals surface area contributed by atoms with E-state index in [1.807, 2.05) is 24.5 Å². The molecule has 0 aliphatic carbocycles. The highest BCUT2D eigenvalue weighted by molar-refractivity contribution is 5.84. The summed E-state index contributed by atoms with van der Waals surface area (Å²) in [5, 5.41) is 10.4. The molecule has 9 nitrogen and oxygen atoms in total. The second-order valence-corrected chi connectivity index (χ2v) is 9.79. The molecule has 4 heterocycles. The van der Waals surface area contributed by atoms with Gasteiger partial charge < -0.3 is 30.2 Å². The minimum absolute atomic E-state index is 0.561. The van der Waals surface area contributed by atoms with Gasteiger partial charge in [-0.15, -0.1) is 0 Å². The summed E-state index contributed by atoms with van der Waals surface area (Å²) in [5.74, 6) is 1.87. The Hall–Kier alpha value is -3.69. The van der Waals surface area contributed by atoms with Gasteiger partial charge in [-0.05, 0) is 61.7 Å². The average Bonchev–Trinajstić information content (AvgIpc) is 3.36. The van der Waals surface area contributed by atoms with E-state index in [-0.39, 0.29) is 0 Å². The molecule has 3 N–H and O–H groups in total. The van der Waals surface area contributed by atoms with Gasteiger partial charge in [-0.3, -0.25) is 0 Å². The van der Waals surface area contributed by atoms with Crippen LogP contribution in [0.25, 0.3) is 11.2 Å². The van der Waals surface area contributed by atoms with Crippen LogP contribution < -0.4 is 20.9 Å². The maximum absolute atomic E-state index is 5.48. The zero-order chi connectivity index (χ0) is 24.9. The van der Waals surface area contributed by atoms with Crippen LogP contribution in [0.15, 0.2) is 60.9 Å². The van der Waals surface area contributed by atoms with Gasteiger partial charge in [-0.1, -0.05) is 30.3 Å². The van der Waals surface area contributed by atoms with E-state index in [9.17, 15) is 0 Å². The van der Waals surface area contributed by atoms with E-state index >= 15 is 0 Å². The molecule has 9 heteroatoms. The number of piperidine rings is 1. The molecule has 4 aromatic rings. The number of nitrogens with zero attached hydrogens (tertiary/aromatic N) is 5. The Bertz CT molecular complexity index is 1300. The fraction of sp³-hybridized carbons (Fsp3) is 0.393. The molecule has 2 aliphatic rings. The Balaban J connectivity index is 1.26. The standard InChI is InChI=1S/C28H34N8O/c1-2-5-21(6-3-1)18-30-26-25-27(36(20-31-25)19-22-7-4-12-29-17-22)34-28(33-26)32-23-8-10-24(11-9-23)35-13-15-37-16-14-35/h1-3,5-6,8-11,20,22,29H,4,7,12-19H2,(H2,30,32,33,34). The molecular formula is C28H34N8O. The Morgan fingerprint density at radius 1 is 1.00 bits per heavy atom. The van der Waals surface area contributed by atoms with E-state index in [2.05, 4.69) is 61.8 Å². The number of hydrogen-bond acceptors (Lipinski definition) is 8. The van der Waals surface area contributed by atoms with Crippen molar-refractivity contribution >= 4 is 34.3 Å². The van der Waals surface area contributed by atoms with Gasteiger partial charge in [-0.25, -0.2) is 4.98 Å². The molecule has 0 bridgehead atoms. The number of anilines is 4. The molecule has 0 saturated carbocycles. The van der Waals surface area contributed by atoms with Crippen LogP contribution in [-0.2, 0) is 17.8 Å². The first kappa shape index (κ1) is 23.7. The lowest BCUT2D eigenvalue weighted by molar-refractivity contribution is 0.122. The third-order valence-electron chi connectivity index (χ3n) is 7.12. The van der Waals surface area contributed by atoms with Gasteiger partial charge in [0.15, 0.2) is 17.0 Å². The molecule has 1 atom stereocenters. The number of morpholine rings is 1. The van der Waals surface area contributed by atoms with Gasteiger partial charge >= 0.3 is 0 Å². The molecule has 1 unspecified atom stereocenters. The number of rotatable bonds is 8. The number of hydrogen-bond donors (Lipinski definition) is 3. The third-order valence-corrected chi connectivity index (χ3v) is 7.12. The lowest BCUT2D eigenvalue weighted by atomic mass is 10.00. The van der Waals surface area contributed by atoms with Gasteiger partial charge in [0.1, 0.15) is 0 Å². The molecule has 192 valence electrons. The molecular weight excluding hydrogens is 464 g/mol. The minimum atomic E-state index is 0.561.